The summed E-state index contributed by atoms with van der Waals surface area (Å²) in [5, 5.41) is 3.86. The number of rotatable bonds is 1. The maximum Gasteiger partial charge on any atom is 0.207 e. The summed E-state index contributed by atoms with van der Waals surface area (Å²) in [6.45, 7) is 13.3. The van der Waals surface area contributed by atoms with E-state index >= 15 is 0 Å². The molecule has 0 aromatic rings. The van der Waals surface area contributed by atoms with E-state index in [4.69, 9.17) is 0 Å². The Hall–Kier alpha value is 0.0249. The van der Waals surface area contributed by atoms with Crippen molar-refractivity contribution in [1.29, 1.82) is 0 Å². The van der Waals surface area contributed by atoms with Crippen molar-refractivity contribution in [2.45, 2.75) is 52.4 Å². The average molecular weight is 141 g/mol. The van der Waals surface area contributed by atoms with Crippen LogP contribution in [0.3, 0.4) is 0 Å². The van der Waals surface area contributed by atoms with E-state index in [2.05, 4.69) is 46.8 Å². The van der Waals surface area contributed by atoms with E-state index in [1.165, 1.54) is 0 Å². The van der Waals surface area contributed by atoms with Gasteiger partial charge in [0.05, 0.1) is 0 Å². The van der Waals surface area contributed by atoms with Crippen molar-refractivity contribution in [3.8, 4) is 0 Å². The predicted molar refractivity (Wildman–Crippen MR) is 49.8 cm³/mol. The highest BCUT2D eigenvalue weighted by molar-refractivity contribution is 6.36. The van der Waals surface area contributed by atoms with Crippen LogP contribution in [0.5, 0.6) is 0 Å². The number of hydrogen-bond acceptors (Lipinski definition) is 1. The standard InChI is InChI=1S/C8H20BN/c1-7(2,3)9-10-8(4,5)6/h9-10H,1-6H3. The molecule has 0 aromatic heterocycles. The van der Waals surface area contributed by atoms with Gasteiger partial charge in [0.25, 0.3) is 0 Å². The smallest absolute Gasteiger partial charge is 0.207 e. The largest absolute Gasteiger partial charge is 0.354 e. The third-order valence-electron chi connectivity index (χ3n) is 1.15. The van der Waals surface area contributed by atoms with E-state index in [-0.39, 0.29) is 5.54 Å². The minimum Gasteiger partial charge on any atom is -0.354 e. The fourth-order valence-corrected chi connectivity index (χ4v) is 0.530. The summed E-state index contributed by atoms with van der Waals surface area (Å²) >= 11 is 0. The zero-order chi connectivity index (χ0) is 8.41. The fraction of sp³-hybridized carbons (Fsp3) is 1.00. The molecule has 0 amide bonds. The third-order valence-corrected chi connectivity index (χ3v) is 1.15. The van der Waals surface area contributed by atoms with Gasteiger partial charge in [-0.05, 0) is 31.6 Å². The lowest BCUT2D eigenvalue weighted by atomic mass is 9.63. The zero-order valence-electron chi connectivity index (χ0n) is 8.21. The molecule has 2 heteroatoms. The Balaban J connectivity index is 3.56. The molecular formula is C8H20BN. The molecule has 0 aliphatic heterocycles. The van der Waals surface area contributed by atoms with Crippen molar-refractivity contribution in [3.05, 3.63) is 0 Å². The molecule has 0 heterocycles. The Bertz CT molecular complexity index is 82.8. The van der Waals surface area contributed by atoms with Gasteiger partial charge in [0, 0.05) is 0 Å². The second-order valence-electron chi connectivity index (χ2n) is 5.16. The van der Waals surface area contributed by atoms with E-state index in [1.807, 2.05) is 0 Å². The molecule has 0 radical (unpaired) electrons. The molecule has 0 saturated carbocycles. The lowest BCUT2D eigenvalue weighted by Crippen LogP contribution is -2.41. The first-order valence-electron chi connectivity index (χ1n) is 3.96. The molecule has 0 aliphatic carbocycles. The van der Waals surface area contributed by atoms with Crippen LogP contribution in [-0.4, -0.2) is 13.0 Å². The van der Waals surface area contributed by atoms with Gasteiger partial charge in [-0.15, -0.1) is 0 Å². The van der Waals surface area contributed by atoms with Gasteiger partial charge in [0.15, 0.2) is 0 Å². The summed E-state index contributed by atoms with van der Waals surface area (Å²) in [4.78, 5) is 0. The van der Waals surface area contributed by atoms with Gasteiger partial charge in [-0.25, -0.2) is 0 Å². The maximum absolute atomic E-state index is 3.46. The molecule has 60 valence electrons. The Morgan fingerprint density at radius 1 is 0.900 bits per heavy atom. The van der Waals surface area contributed by atoms with Gasteiger partial charge in [-0.1, -0.05) is 20.8 Å². The predicted octanol–water partition coefficient (Wildman–Crippen LogP) is 1.94. The van der Waals surface area contributed by atoms with Gasteiger partial charge in [-0.2, -0.15) is 0 Å². The zero-order valence-corrected chi connectivity index (χ0v) is 8.21. The molecule has 0 spiro atoms. The molecule has 10 heavy (non-hydrogen) atoms. The van der Waals surface area contributed by atoms with Crippen molar-refractivity contribution < 1.29 is 0 Å². The quantitative estimate of drug-likeness (QED) is 0.550. The molecule has 0 bridgehead atoms. The highest BCUT2D eigenvalue weighted by Gasteiger charge is 2.17. The van der Waals surface area contributed by atoms with Crippen molar-refractivity contribution in [2.24, 2.45) is 0 Å². The second kappa shape index (κ2) is 2.95. The molecule has 0 fully saturated rings. The van der Waals surface area contributed by atoms with Gasteiger partial charge in [-0.3, -0.25) is 0 Å². The minimum atomic E-state index is 0.257. The Labute approximate surface area is 65.9 Å². The van der Waals surface area contributed by atoms with E-state index < -0.39 is 0 Å². The molecule has 0 unspecified atom stereocenters. The fourth-order valence-electron chi connectivity index (χ4n) is 0.530. The monoisotopic (exact) mass is 141 g/mol. The molecule has 0 aliphatic rings. The molecule has 1 nitrogen and oxygen atoms in total. The summed E-state index contributed by atoms with van der Waals surface area (Å²) in [6, 6.07) is 0. The van der Waals surface area contributed by atoms with Gasteiger partial charge >= 0.3 is 0 Å². The lowest BCUT2D eigenvalue weighted by Gasteiger charge is -2.25. The van der Waals surface area contributed by atoms with Crippen LogP contribution >= 0.6 is 0 Å². The summed E-state index contributed by atoms with van der Waals surface area (Å²) in [5.41, 5.74) is 0.257. The van der Waals surface area contributed by atoms with Crippen LogP contribution in [0.2, 0.25) is 5.31 Å². The Morgan fingerprint density at radius 2 is 1.30 bits per heavy atom. The van der Waals surface area contributed by atoms with Crippen molar-refractivity contribution >= 4 is 7.41 Å². The Kier molecular flexibility index (Phi) is 2.96. The van der Waals surface area contributed by atoms with E-state index in [0.717, 1.165) is 7.41 Å². The number of nitrogens with one attached hydrogen (secondary N) is 1. The van der Waals surface area contributed by atoms with Crippen LogP contribution in [-0.2, 0) is 0 Å². The van der Waals surface area contributed by atoms with Crippen molar-refractivity contribution in [1.82, 2.24) is 5.23 Å². The van der Waals surface area contributed by atoms with Crippen molar-refractivity contribution in [2.75, 3.05) is 0 Å². The van der Waals surface area contributed by atoms with Crippen LogP contribution < -0.4 is 5.23 Å². The van der Waals surface area contributed by atoms with Crippen molar-refractivity contribution in [3.63, 3.8) is 0 Å². The van der Waals surface area contributed by atoms with Crippen LogP contribution in [0.1, 0.15) is 41.5 Å². The molecule has 0 rings (SSSR count). The van der Waals surface area contributed by atoms with Gasteiger partial charge in [0.2, 0.25) is 7.41 Å². The Morgan fingerprint density at radius 3 is 1.40 bits per heavy atom. The summed E-state index contributed by atoms with van der Waals surface area (Å²) in [6.07, 6.45) is 0. The van der Waals surface area contributed by atoms with E-state index in [0.29, 0.717) is 5.31 Å². The molecular weight excluding hydrogens is 121 g/mol. The van der Waals surface area contributed by atoms with Crippen LogP contribution in [0.15, 0.2) is 0 Å². The lowest BCUT2D eigenvalue weighted by molar-refractivity contribution is 0.511. The van der Waals surface area contributed by atoms with E-state index in [1.54, 1.807) is 0 Å². The van der Waals surface area contributed by atoms with Gasteiger partial charge < -0.3 is 5.23 Å². The minimum absolute atomic E-state index is 0.257. The topological polar surface area (TPSA) is 12.0 Å². The van der Waals surface area contributed by atoms with Crippen LogP contribution in [0.25, 0.3) is 0 Å². The number of hydrogen-bond donors (Lipinski definition) is 1. The van der Waals surface area contributed by atoms with Gasteiger partial charge in [0.1, 0.15) is 0 Å². The van der Waals surface area contributed by atoms with Crippen LogP contribution in [0.4, 0.5) is 0 Å². The highest BCUT2D eigenvalue weighted by Crippen LogP contribution is 2.19. The first-order valence-corrected chi connectivity index (χ1v) is 3.96. The highest BCUT2D eigenvalue weighted by atomic mass is 14.9. The first-order chi connectivity index (χ1) is 4.21. The molecule has 0 atom stereocenters. The summed E-state index contributed by atoms with van der Waals surface area (Å²) < 4.78 is 0. The first kappa shape index (κ1) is 10.0. The van der Waals surface area contributed by atoms with E-state index in [9.17, 15) is 0 Å². The molecule has 1 N–H and O–H groups in total. The maximum atomic E-state index is 3.46. The van der Waals surface area contributed by atoms with Crippen LogP contribution in [0, 0.1) is 0 Å². The summed E-state index contributed by atoms with van der Waals surface area (Å²) in [5.74, 6) is 0. The SMILES string of the molecule is CC(C)(C)BNC(C)(C)C. The average Bonchev–Trinajstić information content (AvgIpc) is 1.57. The molecule has 0 aromatic carbocycles. The normalized spacial score (nSPS) is 13.4. The summed E-state index contributed by atoms with van der Waals surface area (Å²) in [7, 11) is 1.08. The third kappa shape index (κ3) is 8.02. The second-order valence-corrected chi connectivity index (χ2v) is 5.16. The molecule has 0 saturated heterocycles.